The zero-order chi connectivity index (χ0) is 13.2. The highest BCUT2D eigenvalue weighted by Crippen LogP contribution is 2.36. The fourth-order valence-electron chi connectivity index (χ4n) is 2.47. The molecule has 1 aliphatic heterocycles. The summed E-state index contributed by atoms with van der Waals surface area (Å²) >= 11 is 0. The van der Waals surface area contributed by atoms with Crippen LogP contribution < -0.4 is 10.6 Å². The maximum atomic E-state index is 11.9. The first-order valence-corrected chi connectivity index (χ1v) is 6.67. The second kappa shape index (κ2) is 5.26. The monoisotopic (exact) mass is 254 g/mol. The van der Waals surface area contributed by atoms with Crippen molar-refractivity contribution in [3.05, 3.63) is 0 Å². The largest absolute Gasteiger partial charge is 0.461 e. The lowest BCUT2D eigenvalue weighted by molar-refractivity contribution is -0.154. The van der Waals surface area contributed by atoms with Crippen LogP contribution in [-0.2, 0) is 14.3 Å². The van der Waals surface area contributed by atoms with E-state index >= 15 is 0 Å². The van der Waals surface area contributed by atoms with Crippen LogP contribution in [0.15, 0.2) is 0 Å². The number of hydrogen-bond acceptors (Lipinski definition) is 4. The Labute approximate surface area is 108 Å². The van der Waals surface area contributed by atoms with Gasteiger partial charge in [-0.05, 0) is 31.1 Å². The molecular weight excluding hydrogens is 232 g/mol. The minimum atomic E-state index is -0.391. The number of rotatable bonds is 2. The molecular formula is C13H22N2O3. The van der Waals surface area contributed by atoms with E-state index in [1.165, 1.54) is 0 Å². The molecule has 1 aliphatic carbocycles. The van der Waals surface area contributed by atoms with Gasteiger partial charge in [0.15, 0.2) is 0 Å². The van der Waals surface area contributed by atoms with E-state index in [1.807, 2.05) is 0 Å². The van der Waals surface area contributed by atoms with Gasteiger partial charge in [0, 0.05) is 6.54 Å². The van der Waals surface area contributed by atoms with Crippen LogP contribution in [0.3, 0.4) is 0 Å². The van der Waals surface area contributed by atoms with Gasteiger partial charge in [-0.25, -0.2) is 0 Å². The van der Waals surface area contributed by atoms with E-state index in [2.05, 4.69) is 24.5 Å². The van der Waals surface area contributed by atoms with Crippen LogP contribution >= 0.6 is 0 Å². The summed E-state index contributed by atoms with van der Waals surface area (Å²) in [5.74, 6) is -0.307. The van der Waals surface area contributed by atoms with Gasteiger partial charge in [0.05, 0.1) is 6.54 Å². The van der Waals surface area contributed by atoms with Crippen LogP contribution in [0.25, 0.3) is 0 Å². The average Bonchev–Trinajstić information content (AvgIpc) is 2.33. The van der Waals surface area contributed by atoms with E-state index in [9.17, 15) is 9.59 Å². The van der Waals surface area contributed by atoms with Crippen LogP contribution in [0.5, 0.6) is 0 Å². The van der Waals surface area contributed by atoms with E-state index in [1.54, 1.807) is 0 Å². The standard InChI is InChI=1S/C13H22N2O3/c1-13(2)5-3-9(4-6-13)18-12(17)10-7-15-11(16)8-14-10/h9-10,14H,3-8H2,1-2H3,(H,15,16). The van der Waals surface area contributed by atoms with Crippen LogP contribution in [0, 0.1) is 5.41 Å². The van der Waals surface area contributed by atoms with Gasteiger partial charge in [-0.15, -0.1) is 0 Å². The number of carbonyl (C=O) groups is 2. The summed E-state index contributed by atoms with van der Waals surface area (Å²) in [6.07, 6.45) is 4.12. The van der Waals surface area contributed by atoms with Gasteiger partial charge in [-0.3, -0.25) is 14.9 Å². The van der Waals surface area contributed by atoms with Gasteiger partial charge in [0.2, 0.25) is 5.91 Å². The lowest BCUT2D eigenvalue weighted by atomic mass is 9.76. The Morgan fingerprint density at radius 1 is 1.33 bits per heavy atom. The Hall–Kier alpha value is -1.10. The first-order valence-electron chi connectivity index (χ1n) is 6.67. The van der Waals surface area contributed by atoms with Crippen molar-refractivity contribution in [3.8, 4) is 0 Å². The van der Waals surface area contributed by atoms with Crippen molar-refractivity contribution in [2.24, 2.45) is 5.41 Å². The Morgan fingerprint density at radius 3 is 2.56 bits per heavy atom. The van der Waals surface area contributed by atoms with Crippen molar-refractivity contribution >= 4 is 11.9 Å². The molecule has 5 heteroatoms. The molecule has 2 rings (SSSR count). The second-order valence-corrected chi connectivity index (χ2v) is 6.04. The minimum Gasteiger partial charge on any atom is -0.461 e. The van der Waals surface area contributed by atoms with Crippen molar-refractivity contribution < 1.29 is 14.3 Å². The summed E-state index contributed by atoms with van der Waals surface area (Å²) < 4.78 is 5.51. The lowest BCUT2D eigenvalue weighted by Gasteiger charge is -2.34. The first-order chi connectivity index (χ1) is 8.46. The first kappa shape index (κ1) is 13.3. The number of esters is 1. The van der Waals surface area contributed by atoms with Crippen molar-refractivity contribution in [1.29, 1.82) is 0 Å². The molecule has 18 heavy (non-hydrogen) atoms. The maximum Gasteiger partial charge on any atom is 0.325 e. The Morgan fingerprint density at radius 2 is 2.00 bits per heavy atom. The zero-order valence-electron chi connectivity index (χ0n) is 11.1. The number of ether oxygens (including phenoxy) is 1. The van der Waals surface area contributed by atoms with E-state index < -0.39 is 6.04 Å². The van der Waals surface area contributed by atoms with Crippen LogP contribution in [0.4, 0.5) is 0 Å². The Bertz CT molecular complexity index is 321. The molecule has 0 aromatic carbocycles. The highest BCUT2D eigenvalue weighted by molar-refractivity contribution is 5.83. The molecule has 2 N–H and O–H groups in total. The Balaban J connectivity index is 1.76. The van der Waals surface area contributed by atoms with Crippen molar-refractivity contribution in [2.45, 2.75) is 51.7 Å². The molecule has 1 heterocycles. The van der Waals surface area contributed by atoms with Gasteiger partial charge >= 0.3 is 5.97 Å². The predicted molar refractivity (Wildman–Crippen MR) is 66.9 cm³/mol. The van der Waals surface area contributed by atoms with Gasteiger partial charge in [0.25, 0.3) is 0 Å². The molecule has 2 fully saturated rings. The van der Waals surface area contributed by atoms with Crippen LogP contribution in [0.1, 0.15) is 39.5 Å². The van der Waals surface area contributed by atoms with Gasteiger partial charge in [-0.2, -0.15) is 0 Å². The molecule has 0 radical (unpaired) electrons. The van der Waals surface area contributed by atoms with Gasteiger partial charge in [-0.1, -0.05) is 13.8 Å². The molecule has 102 valence electrons. The minimum absolute atomic E-state index is 0.0463. The molecule has 0 aromatic rings. The fourth-order valence-corrected chi connectivity index (χ4v) is 2.47. The third kappa shape index (κ3) is 3.45. The summed E-state index contributed by atoms with van der Waals surface area (Å²) in [5, 5.41) is 5.55. The fraction of sp³-hybridized carbons (Fsp3) is 0.846. The third-order valence-electron chi connectivity index (χ3n) is 3.87. The summed E-state index contributed by atoms with van der Waals surface area (Å²) in [6, 6.07) is -0.391. The van der Waals surface area contributed by atoms with E-state index in [-0.39, 0.29) is 24.5 Å². The smallest absolute Gasteiger partial charge is 0.325 e. The normalized spacial score (nSPS) is 28.6. The molecule has 0 spiro atoms. The van der Waals surface area contributed by atoms with E-state index in [0.29, 0.717) is 12.0 Å². The summed E-state index contributed by atoms with van der Waals surface area (Å²) in [6.45, 7) is 5.03. The average molecular weight is 254 g/mol. The molecule has 1 unspecified atom stereocenters. The van der Waals surface area contributed by atoms with Crippen LogP contribution in [-0.4, -0.2) is 37.1 Å². The molecule has 1 saturated carbocycles. The Kier molecular flexibility index (Phi) is 3.90. The van der Waals surface area contributed by atoms with Crippen molar-refractivity contribution in [3.63, 3.8) is 0 Å². The SMILES string of the molecule is CC1(C)CCC(OC(=O)C2CNC(=O)CN2)CC1. The summed E-state index contributed by atoms with van der Waals surface area (Å²) in [5.41, 5.74) is 0.375. The molecule has 1 atom stereocenters. The van der Waals surface area contributed by atoms with E-state index in [0.717, 1.165) is 25.7 Å². The third-order valence-corrected chi connectivity index (χ3v) is 3.87. The predicted octanol–water partition coefficient (Wildman–Crippen LogP) is 0.586. The maximum absolute atomic E-state index is 11.9. The van der Waals surface area contributed by atoms with Crippen molar-refractivity contribution in [1.82, 2.24) is 10.6 Å². The quantitative estimate of drug-likeness (QED) is 0.708. The summed E-state index contributed by atoms with van der Waals surface area (Å²) in [7, 11) is 0. The number of hydrogen-bond donors (Lipinski definition) is 2. The summed E-state index contributed by atoms with van der Waals surface area (Å²) in [4.78, 5) is 22.9. The highest BCUT2D eigenvalue weighted by Gasteiger charge is 2.31. The van der Waals surface area contributed by atoms with Gasteiger partial charge < -0.3 is 10.1 Å². The topological polar surface area (TPSA) is 67.4 Å². The van der Waals surface area contributed by atoms with Gasteiger partial charge in [0.1, 0.15) is 12.1 Å². The molecule has 5 nitrogen and oxygen atoms in total. The lowest BCUT2D eigenvalue weighted by Crippen LogP contribution is -2.56. The number of nitrogens with one attached hydrogen (secondary N) is 2. The molecule has 1 amide bonds. The zero-order valence-corrected chi connectivity index (χ0v) is 11.1. The van der Waals surface area contributed by atoms with Crippen LogP contribution in [0.2, 0.25) is 0 Å². The highest BCUT2D eigenvalue weighted by atomic mass is 16.5. The van der Waals surface area contributed by atoms with E-state index in [4.69, 9.17) is 4.74 Å². The van der Waals surface area contributed by atoms with Crippen molar-refractivity contribution in [2.75, 3.05) is 13.1 Å². The molecule has 0 aromatic heterocycles. The molecule has 0 bridgehead atoms. The number of carbonyl (C=O) groups excluding carboxylic acids is 2. The second-order valence-electron chi connectivity index (χ2n) is 6.04. The number of amides is 1. The molecule has 1 saturated heterocycles. The molecule has 2 aliphatic rings. The number of piperazine rings is 1.